The molecule has 0 saturated heterocycles. The van der Waals surface area contributed by atoms with Gasteiger partial charge < -0.3 is 31.5 Å². The number of nitrogens with two attached hydrogens (primary N) is 1. The highest BCUT2D eigenvalue weighted by molar-refractivity contribution is 6.24. The first-order valence-corrected chi connectivity index (χ1v) is 13.2. The van der Waals surface area contributed by atoms with Crippen molar-refractivity contribution in [1.82, 2.24) is 10.2 Å². The van der Waals surface area contributed by atoms with Gasteiger partial charge in [-0.2, -0.15) is 0 Å². The number of amides is 2. The highest BCUT2D eigenvalue weighted by atomic mass is 19.1. The standard InChI is InChI=1S/C30H30FN3O8/c1-12(35)33-11-15-9-17(13-4-6-16(31)7-5-13)18-8-14-10-19-23(34(2)3)26(38)22(29(32)41)28(40)30(19,42)27(39)20(14)25(37)21(18)24(15)36/h4-7,9,14,19,23,36-37,40,42H,8,10-11H2,1-3H3,(H2,32,41)(H,33,35). The van der Waals surface area contributed by atoms with Crippen LogP contribution in [0.3, 0.4) is 0 Å². The van der Waals surface area contributed by atoms with Gasteiger partial charge in [-0.1, -0.05) is 12.1 Å². The number of carbonyl (C=O) groups excluding carboxylic acids is 4. The first kappa shape index (κ1) is 29.0. The van der Waals surface area contributed by atoms with Crippen molar-refractivity contribution >= 4 is 29.1 Å². The van der Waals surface area contributed by atoms with E-state index in [-0.39, 0.29) is 42.0 Å². The van der Waals surface area contributed by atoms with Crippen LogP contribution in [0.15, 0.2) is 47.2 Å². The number of rotatable bonds is 5. The third kappa shape index (κ3) is 4.17. The number of halogens is 1. The van der Waals surface area contributed by atoms with Crippen molar-refractivity contribution in [2.24, 2.45) is 17.6 Å². The number of fused-ring (bicyclic) bond motifs is 3. The van der Waals surface area contributed by atoms with Gasteiger partial charge in [0.1, 0.15) is 28.7 Å². The molecule has 2 aromatic carbocycles. The molecule has 4 unspecified atom stereocenters. The van der Waals surface area contributed by atoms with E-state index in [1.807, 2.05) is 0 Å². The van der Waals surface area contributed by atoms with Gasteiger partial charge in [-0.05, 0) is 67.7 Å². The molecule has 4 atom stereocenters. The summed E-state index contributed by atoms with van der Waals surface area (Å²) in [5, 5.41) is 48.2. The maximum absolute atomic E-state index is 14.1. The van der Waals surface area contributed by atoms with Crippen molar-refractivity contribution in [3.63, 3.8) is 0 Å². The average molecular weight is 580 g/mol. The summed E-state index contributed by atoms with van der Waals surface area (Å²) in [5.74, 6) is -8.38. The van der Waals surface area contributed by atoms with Crippen molar-refractivity contribution in [2.75, 3.05) is 14.1 Å². The van der Waals surface area contributed by atoms with Crippen molar-refractivity contribution in [2.45, 2.75) is 38.0 Å². The minimum atomic E-state index is -2.76. The molecule has 1 fully saturated rings. The van der Waals surface area contributed by atoms with Gasteiger partial charge in [0.25, 0.3) is 5.91 Å². The lowest BCUT2D eigenvalue weighted by atomic mass is 9.57. The van der Waals surface area contributed by atoms with Gasteiger partial charge in [0.2, 0.25) is 11.7 Å². The molecule has 0 radical (unpaired) electrons. The van der Waals surface area contributed by atoms with E-state index in [1.165, 1.54) is 50.2 Å². The Labute approximate surface area is 239 Å². The number of likely N-dealkylation sites (N-methyl/N-ethyl adjacent to an activating group) is 1. The molecule has 3 aliphatic rings. The van der Waals surface area contributed by atoms with Gasteiger partial charge >= 0.3 is 0 Å². The monoisotopic (exact) mass is 579 g/mol. The average Bonchev–Trinajstić information content (AvgIpc) is 2.90. The van der Waals surface area contributed by atoms with Crippen molar-refractivity contribution in [3.8, 4) is 16.9 Å². The number of aromatic hydroxyl groups is 1. The highest BCUT2D eigenvalue weighted by Crippen LogP contribution is 2.54. The normalized spacial score (nSPS) is 25.2. The molecule has 1 saturated carbocycles. The number of aliphatic hydroxyl groups excluding tert-OH is 2. The fourth-order valence-corrected chi connectivity index (χ4v) is 6.61. The number of phenols is 1. The Morgan fingerprint density at radius 3 is 2.36 bits per heavy atom. The van der Waals surface area contributed by atoms with Gasteiger partial charge in [-0.15, -0.1) is 0 Å². The minimum absolute atomic E-state index is 0.0647. The Balaban J connectivity index is 1.76. The van der Waals surface area contributed by atoms with E-state index in [4.69, 9.17) is 5.73 Å². The van der Waals surface area contributed by atoms with Crippen LogP contribution in [-0.2, 0) is 32.1 Å². The molecule has 2 amide bonds. The Morgan fingerprint density at radius 1 is 1.14 bits per heavy atom. The van der Waals surface area contributed by atoms with E-state index in [0.29, 0.717) is 16.7 Å². The van der Waals surface area contributed by atoms with Crippen LogP contribution in [0.2, 0.25) is 0 Å². The Morgan fingerprint density at radius 2 is 1.79 bits per heavy atom. The van der Waals surface area contributed by atoms with E-state index < -0.39 is 69.6 Å². The second-order valence-corrected chi connectivity index (χ2v) is 11.2. The van der Waals surface area contributed by atoms with Crippen molar-refractivity contribution in [3.05, 3.63) is 69.7 Å². The minimum Gasteiger partial charge on any atom is -0.508 e. The molecule has 2 aromatic rings. The van der Waals surface area contributed by atoms with Gasteiger partial charge in [-0.3, -0.25) is 24.1 Å². The fourth-order valence-electron chi connectivity index (χ4n) is 6.61. The Bertz CT molecular complexity index is 1630. The van der Waals surface area contributed by atoms with Crippen LogP contribution < -0.4 is 11.1 Å². The number of carbonyl (C=O) groups is 4. The molecule has 42 heavy (non-hydrogen) atoms. The van der Waals surface area contributed by atoms with E-state index in [9.17, 15) is 44.0 Å². The summed E-state index contributed by atoms with van der Waals surface area (Å²) in [6, 6.07) is 5.93. The summed E-state index contributed by atoms with van der Waals surface area (Å²) in [5.41, 5.74) is 2.97. The number of benzene rings is 2. The third-order valence-corrected chi connectivity index (χ3v) is 8.48. The number of aliphatic hydroxyl groups is 3. The molecular formula is C30H30FN3O8. The lowest BCUT2D eigenvalue weighted by Gasteiger charge is -2.50. The summed E-state index contributed by atoms with van der Waals surface area (Å²) in [7, 11) is 3.05. The zero-order valence-corrected chi connectivity index (χ0v) is 23.1. The van der Waals surface area contributed by atoms with Crippen LogP contribution in [-0.4, -0.2) is 74.4 Å². The summed E-state index contributed by atoms with van der Waals surface area (Å²) < 4.78 is 13.8. The smallest absolute Gasteiger partial charge is 0.255 e. The van der Waals surface area contributed by atoms with Gasteiger partial charge in [0, 0.05) is 30.5 Å². The first-order chi connectivity index (χ1) is 19.7. The zero-order chi connectivity index (χ0) is 30.8. The molecule has 0 aliphatic heterocycles. The molecule has 12 heteroatoms. The molecular weight excluding hydrogens is 549 g/mol. The number of Topliss-reactive ketones (excluding diaryl/α,β-unsaturated/α-hetero) is 2. The lowest BCUT2D eigenvalue weighted by molar-refractivity contribution is -0.153. The molecule has 220 valence electrons. The maximum atomic E-state index is 14.1. The summed E-state index contributed by atoms with van der Waals surface area (Å²) in [4.78, 5) is 52.5. The maximum Gasteiger partial charge on any atom is 0.255 e. The first-order valence-electron chi connectivity index (χ1n) is 13.2. The van der Waals surface area contributed by atoms with Gasteiger partial charge in [-0.25, -0.2) is 4.39 Å². The number of hydrogen-bond donors (Lipinski definition) is 6. The van der Waals surface area contributed by atoms with Crippen LogP contribution in [0.1, 0.15) is 30.0 Å². The van der Waals surface area contributed by atoms with Crippen LogP contribution in [0.4, 0.5) is 4.39 Å². The van der Waals surface area contributed by atoms with Gasteiger partial charge in [0.05, 0.1) is 11.6 Å². The highest BCUT2D eigenvalue weighted by Gasteiger charge is 2.64. The fraction of sp³-hybridized carbons (Fsp3) is 0.333. The lowest BCUT2D eigenvalue weighted by Crippen LogP contribution is -2.65. The van der Waals surface area contributed by atoms with Crippen LogP contribution in [0.5, 0.6) is 5.75 Å². The SMILES string of the molecule is CC(=O)NCc1cc(-c2ccc(F)cc2)c2c(c1O)C(O)=C1C(=O)C3(O)C(O)=C(C(N)=O)C(=O)C(N(C)C)C3CC1C2. The molecule has 0 heterocycles. The second-order valence-electron chi connectivity index (χ2n) is 11.2. The largest absolute Gasteiger partial charge is 0.508 e. The molecule has 5 rings (SSSR count). The van der Waals surface area contributed by atoms with Crippen LogP contribution in [0.25, 0.3) is 16.9 Å². The Kier molecular flexibility index (Phi) is 6.94. The van der Waals surface area contributed by atoms with E-state index in [0.717, 1.165) is 0 Å². The number of ketones is 2. The topological polar surface area (TPSA) is 190 Å². The number of hydrogen-bond acceptors (Lipinski definition) is 9. The zero-order valence-electron chi connectivity index (χ0n) is 23.1. The molecule has 3 aliphatic carbocycles. The van der Waals surface area contributed by atoms with Crippen molar-refractivity contribution in [1.29, 1.82) is 0 Å². The van der Waals surface area contributed by atoms with Crippen LogP contribution in [0, 0.1) is 17.7 Å². The van der Waals surface area contributed by atoms with E-state index in [1.54, 1.807) is 6.07 Å². The molecule has 0 aromatic heterocycles. The van der Waals surface area contributed by atoms with Crippen molar-refractivity contribution < 1.29 is 44.0 Å². The predicted molar refractivity (Wildman–Crippen MR) is 147 cm³/mol. The predicted octanol–water partition coefficient (Wildman–Crippen LogP) is 1.41. The molecule has 7 N–H and O–H groups in total. The molecule has 0 spiro atoms. The molecule has 0 bridgehead atoms. The summed E-state index contributed by atoms with van der Waals surface area (Å²) in [6.07, 6.45) is -0.00174. The van der Waals surface area contributed by atoms with Crippen LogP contribution >= 0.6 is 0 Å². The number of primary amides is 1. The number of phenolic OH excluding ortho intramolecular Hbond substituents is 1. The van der Waals surface area contributed by atoms with E-state index in [2.05, 4.69) is 5.32 Å². The number of nitrogens with one attached hydrogen (secondary N) is 1. The number of nitrogens with zero attached hydrogens (tertiary/aromatic N) is 1. The quantitative estimate of drug-likeness (QED) is 0.284. The second kappa shape index (κ2) is 10.1. The summed E-state index contributed by atoms with van der Waals surface area (Å²) >= 11 is 0. The Hall–Kier alpha value is -4.55. The molecule has 11 nitrogen and oxygen atoms in total. The summed E-state index contributed by atoms with van der Waals surface area (Å²) in [6.45, 7) is 1.15. The van der Waals surface area contributed by atoms with Gasteiger partial charge in [0.15, 0.2) is 11.4 Å². The third-order valence-electron chi connectivity index (χ3n) is 8.48. The van der Waals surface area contributed by atoms with E-state index >= 15 is 0 Å².